The minimum absolute atomic E-state index is 0.0312. The highest BCUT2D eigenvalue weighted by molar-refractivity contribution is 5.69. The van der Waals surface area contributed by atoms with Gasteiger partial charge in [0.15, 0.2) is 0 Å². The summed E-state index contributed by atoms with van der Waals surface area (Å²) in [4.78, 5) is 22.0. The molecule has 0 aliphatic rings. The lowest BCUT2D eigenvalue weighted by molar-refractivity contribution is -0.137. The molecule has 17 heavy (non-hydrogen) atoms. The lowest BCUT2D eigenvalue weighted by atomic mass is 9.88. The number of hydrogen-bond donors (Lipinski definition) is 2. The maximum Gasteiger partial charge on any atom is 0.407 e. The number of nitrogens with one attached hydrogen (secondary N) is 1. The summed E-state index contributed by atoms with van der Waals surface area (Å²) in [6, 6.07) is 0. The Labute approximate surface area is 102 Å². The Kier molecular flexibility index (Phi) is 7.02. The third-order valence-corrected chi connectivity index (χ3v) is 2.87. The molecule has 0 aliphatic carbocycles. The number of carbonyl (C=O) groups excluding carboxylic acids is 1. The molecule has 0 spiro atoms. The Balaban J connectivity index is 4.42. The van der Waals surface area contributed by atoms with E-state index in [1.54, 1.807) is 0 Å². The van der Waals surface area contributed by atoms with Crippen LogP contribution in [0.5, 0.6) is 0 Å². The lowest BCUT2D eigenvalue weighted by Crippen LogP contribution is -2.48. The molecule has 0 rings (SSSR count). The fraction of sp³-hybridized carbons (Fsp3) is 0.667. The zero-order valence-corrected chi connectivity index (χ0v) is 10.5. The van der Waals surface area contributed by atoms with Gasteiger partial charge in [0.2, 0.25) is 0 Å². The third kappa shape index (κ3) is 5.94. The van der Waals surface area contributed by atoms with Crippen molar-refractivity contribution in [2.45, 2.75) is 45.1 Å². The first-order valence-corrected chi connectivity index (χ1v) is 5.77. The van der Waals surface area contributed by atoms with Crippen LogP contribution >= 0.6 is 0 Å². The molecule has 0 bridgehead atoms. The van der Waals surface area contributed by atoms with E-state index in [2.05, 4.69) is 11.9 Å². The van der Waals surface area contributed by atoms with Crippen molar-refractivity contribution in [1.29, 1.82) is 0 Å². The molecule has 0 aromatic heterocycles. The molecule has 0 atom stereocenters. The molecule has 0 saturated carbocycles. The number of aliphatic carboxylic acids is 1. The SMILES string of the molecule is C=CCOC(=O)NC(CC)(CC)CCC(=O)O. The first-order valence-electron chi connectivity index (χ1n) is 5.77. The number of carboxylic acids is 1. The normalized spacial score (nSPS) is 10.7. The van der Waals surface area contributed by atoms with E-state index >= 15 is 0 Å². The van der Waals surface area contributed by atoms with Gasteiger partial charge in [-0.05, 0) is 19.3 Å². The van der Waals surface area contributed by atoms with Crippen molar-refractivity contribution in [3.8, 4) is 0 Å². The molecule has 0 aromatic rings. The minimum Gasteiger partial charge on any atom is -0.481 e. The second-order valence-corrected chi connectivity index (χ2v) is 3.89. The summed E-state index contributed by atoms with van der Waals surface area (Å²) < 4.78 is 4.84. The molecule has 0 aliphatic heterocycles. The first-order chi connectivity index (χ1) is 7.99. The molecular weight excluding hydrogens is 222 g/mol. The van der Waals surface area contributed by atoms with Crippen LogP contribution in [0.25, 0.3) is 0 Å². The number of hydrogen-bond acceptors (Lipinski definition) is 3. The number of carboxylic acid groups (broad SMARTS) is 1. The monoisotopic (exact) mass is 243 g/mol. The van der Waals surface area contributed by atoms with Crippen LogP contribution in [0.1, 0.15) is 39.5 Å². The van der Waals surface area contributed by atoms with Crippen molar-refractivity contribution in [3.05, 3.63) is 12.7 Å². The predicted molar refractivity (Wildman–Crippen MR) is 64.9 cm³/mol. The fourth-order valence-electron chi connectivity index (χ4n) is 1.58. The number of amides is 1. The molecule has 0 unspecified atom stereocenters. The minimum atomic E-state index is -0.863. The summed E-state index contributed by atoms with van der Waals surface area (Å²) in [7, 11) is 0. The quantitative estimate of drug-likeness (QED) is 0.641. The van der Waals surface area contributed by atoms with E-state index in [0.717, 1.165) is 0 Å². The zero-order valence-electron chi connectivity index (χ0n) is 10.5. The van der Waals surface area contributed by atoms with Crippen LogP contribution in [0.4, 0.5) is 4.79 Å². The van der Waals surface area contributed by atoms with Gasteiger partial charge in [-0.15, -0.1) is 0 Å². The van der Waals surface area contributed by atoms with Gasteiger partial charge < -0.3 is 15.2 Å². The van der Waals surface area contributed by atoms with E-state index in [-0.39, 0.29) is 13.0 Å². The number of carbonyl (C=O) groups is 2. The van der Waals surface area contributed by atoms with Crippen LogP contribution in [-0.4, -0.2) is 29.3 Å². The Bertz CT molecular complexity index is 272. The third-order valence-electron chi connectivity index (χ3n) is 2.87. The van der Waals surface area contributed by atoms with Crippen molar-refractivity contribution in [2.24, 2.45) is 0 Å². The van der Waals surface area contributed by atoms with Crippen LogP contribution in [0, 0.1) is 0 Å². The van der Waals surface area contributed by atoms with Crippen molar-refractivity contribution in [2.75, 3.05) is 6.61 Å². The standard InChI is InChI=1S/C12H21NO4/c1-4-9-17-11(16)13-12(5-2,6-3)8-7-10(14)15/h4H,1,5-9H2,2-3H3,(H,13,16)(H,14,15). The highest BCUT2D eigenvalue weighted by Gasteiger charge is 2.29. The van der Waals surface area contributed by atoms with Crippen LogP contribution < -0.4 is 5.32 Å². The Hall–Kier alpha value is -1.52. The maximum atomic E-state index is 11.5. The van der Waals surface area contributed by atoms with Gasteiger partial charge in [-0.3, -0.25) is 4.79 Å². The molecule has 0 radical (unpaired) electrons. The van der Waals surface area contributed by atoms with Gasteiger partial charge in [-0.1, -0.05) is 26.5 Å². The van der Waals surface area contributed by atoms with E-state index in [0.29, 0.717) is 19.3 Å². The summed E-state index contributed by atoms with van der Waals surface area (Å²) in [5, 5.41) is 11.4. The summed E-state index contributed by atoms with van der Waals surface area (Å²) in [5.41, 5.74) is -0.503. The molecule has 5 nitrogen and oxygen atoms in total. The first kappa shape index (κ1) is 15.5. The fourth-order valence-corrected chi connectivity index (χ4v) is 1.58. The number of ether oxygens (including phenoxy) is 1. The molecule has 0 saturated heterocycles. The largest absolute Gasteiger partial charge is 0.481 e. The molecule has 0 heterocycles. The average Bonchev–Trinajstić information content (AvgIpc) is 2.32. The van der Waals surface area contributed by atoms with Gasteiger partial charge in [0, 0.05) is 12.0 Å². The number of alkyl carbamates (subject to hydrolysis) is 1. The molecule has 98 valence electrons. The molecular formula is C12H21NO4. The van der Waals surface area contributed by atoms with Crippen LogP contribution in [0.15, 0.2) is 12.7 Å². The smallest absolute Gasteiger partial charge is 0.407 e. The van der Waals surface area contributed by atoms with E-state index < -0.39 is 17.6 Å². The van der Waals surface area contributed by atoms with Gasteiger partial charge in [0.05, 0.1) is 0 Å². The highest BCUT2D eigenvalue weighted by Crippen LogP contribution is 2.21. The molecule has 5 heteroatoms. The molecule has 0 aromatic carbocycles. The van der Waals surface area contributed by atoms with Gasteiger partial charge in [-0.25, -0.2) is 4.79 Å². The van der Waals surface area contributed by atoms with Gasteiger partial charge in [-0.2, -0.15) is 0 Å². The van der Waals surface area contributed by atoms with E-state index in [4.69, 9.17) is 9.84 Å². The summed E-state index contributed by atoms with van der Waals surface area (Å²) in [5.74, 6) is -0.863. The van der Waals surface area contributed by atoms with Crippen LogP contribution in [0.2, 0.25) is 0 Å². The van der Waals surface area contributed by atoms with Crippen molar-refractivity contribution < 1.29 is 19.4 Å². The lowest BCUT2D eigenvalue weighted by Gasteiger charge is -2.31. The van der Waals surface area contributed by atoms with E-state index in [1.165, 1.54) is 6.08 Å². The molecule has 0 fully saturated rings. The Morgan fingerprint density at radius 2 is 2.00 bits per heavy atom. The van der Waals surface area contributed by atoms with Gasteiger partial charge in [0.1, 0.15) is 6.61 Å². The van der Waals surface area contributed by atoms with Crippen molar-refractivity contribution >= 4 is 12.1 Å². The van der Waals surface area contributed by atoms with Gasteiger partial charge >= 0.3 is 12.1 Å². The average molecular weight is 243 g/mol. The topological polar surface area (TPSA) is 75.6 Å². The second-order valence-electron chi connectivity index (χ2n) is 3.89. The van der Waals surface area contributed by atoms with Crippen molar-refractivity contribution in [3.63, 3.8) is 0 Å². The summed E-state index contributed by atoms with van der Waals surface area (Å²) in [6.07, 6.45) is 2.72. The Morgan fingerprint density at radius 3 is 2.41 bits per heavy atom. The molecule has 2 N–H and O–H groups in total. The maximum absolute atomic E-state index is 11.5. The van der Waals surface area contributed by atoms with Crippen LogP contribution in [0.3, 0.4) is 0 Å². The van der Waals surface area contributed by atoms with Crippen molar-refractivity contribution in [1.82, 2.24) is 5.32 Å². The number of rotatable bonds is 8. The van der Waals surface area contributed by atoms with Crippen LogP contribution in [-0.2, 0) is 9.53 Å². The van der Waals surface area contributed by atoms with Gasteiger partial charge in [0.25, 0.3) is 0 Å². The summed E-state index contributed by atoms with van der Waals surface area (Å²) in [6.45, 7) is 7.42. The zero-order chi connectivity index (χ0) is 13.3. The second kappa shape index (κ2) is 7.70. The van der Waals surface area contributed by atoms with E-state index in [1.807, 2.05) is 13.8 Å². The summed E-state index contributed by atoms with van der Waals surface area (Å²) >= 11 is 0. The highest BCUT2D eigenvalue weighted by atomic mass is 16.5. The Morgan fingerprint density at radius 1 is 1.41 bits per heavy atom. The van der Waals surface area contributed by atoms with E-state index in [9.17, 15) is 9.59 Å². The predicted octanol–water partition coefficient (Wildman–Crippen LogP) is 2.32. The molecule has 1 amide bonds.